The van der Waals surface area contributed by atoms with Crippen LogP contribution in [0, 0.1) is 5.82 Å². The maximum atomic E-state index is 12.8. The quantitative estimate of drug-likeness (QED) is 0.782. The van der Waals surface area contributed by atoms with Gasteiger partial charge in [0.25, 0.3) is 0 Å². The molecule has 21 heavy (non-hydrogen) atoms. The lowest BCUT2D eigenvalue weighted by Gasteiger charge is -2.22. The highest BCUT2D eigenvalue weighted by Crippen LogP contribution is 2.21. The second kappa shape index (κ2) is 7.45. The number of thioether (sulfide) groups is 1. The standard InChI is InChI=1S/C15H18FNO3S/c1-20-15(19)13-3-2-8-17(13)14(18)10-21-9-11-4-6-12(16)7-5-11/h4-7,13H,2-3,8-10H2,1H3. The van der Waals surface area contributed by atoms with Crippen molar-refractivity contribution in [2.45, 2.75) is 24.6 Å². The molecule has 0 aromatic heterocycles. The van der Waals surface area contributed by atoms with Gasteiger partial charge in [0, 0.05) is 12.3 Å². The summed E-state index contributed by atoms with van der Waals surface area (Å²) in [5, 5.41) is 0. The van der Waals surface area contributed by atoms with Crippen LogP contribution >= 0.6 is 11.8 Å². The number of hydrogen-bond donors (Lipinski definition) is 0. The zero-order valence-corrected chi connectivity index (χ0v) is 12.7. The van der Waals surface area contributed by atoms with Crippen molar-refractivity contribution in [2.75, 3.05) is 19.4 Å². The van der Waals surface area contributed by atoms with Gasteiger partial charge in [-0.25, -0.2) is 9.18 Å². The zero-order chi connectivity index (χ0) is 15.2. The number of halogens is 1. The fourth-order valence-electron chi connectivity index (χ4n) is 2.37. The van der Waals surface area contributed by atoms with Crippen molar-refractivity contribution in [1.29, 1.82) is 0 Å². The lowest BCUT2D eigenvalue weighted by Crippen LogP contribution is -2.42. The number of amides is 1. The first-order valence-corrected chi connectivity index (χ1v) is 7.97. The maximum absolute atomic E-state index is 12.8. The summed E-state index contributed by atoms with van der Waals surface area (Å²) in [4.78, 5) is 25.4. The summed E-state index contributed by atoms with van der Waals surface area (Å²) in [5.74, 6) is 0.297. The van der Waals surface area contributed by atoms with Gasteiger partial charge in [-0.2, -0.15) is 0 Å². The first-order valence-electron chi connectivity index (χ1n) is 6.81. The van der Waals surface area contributed by atoms with E-state index in [-0.39, 0.29) is 17.7 Å². The Bertz CT molecular complexity index is 506. The highest BCUT2D eigenvalue weighted by atomic mass is 32.2. The van der Waals surface area contributed by atoms with Gasteiger partial charge < -0.3 is 9.64 Å². The van der Waals surface area contributed by atoms with Gasteiger partial charge in [-0.05, 0) is 30.5 Å². The molecule has 1 fully saturated rings. The number of carbonyl (C=O) groups is 2. The largest absolute Gasteiger partial charge is 0.467 e. The fraction of sp³-hybridized carbons (Fsp3) is 0.467. The number of nitrogens with zero attached hydrogens (tertiary/aromatic N) is 1. The van der Waals surface area contributed by atoms with Gasteiger partial charge in [0.05, 0.1) is 12.9 Å². The van der Waals surface area contributed by atoms with Crippen LogP contribution in [0.3, 0.4) is 0 Å². The lowest BCUT2D eigenvalue weighted by atomic mass is 10.2. The Morgan fingerprint density at radius 1 is 1.38 bits per heavy atom. The first kappa shape index (κ1) is 15.8. The summed E-state index contributed by atoms with van der Waals surface area (Å²) in [6, 6.07) is 5.80. The molecule has 1 aromatic carbocycles. The molecule has 0 radical (unpaired) electrons. The Morgan fingerprint density at radius 3 is 2.76 bits per heavy atom. The van der Waals surface area contributed by atoms with Crippen molar-refractivity contribution >= 4 is 23.6 Å². The van der Waals surface area contributed by atoms with Crippen LogP contribution in [0.2, 0.25) is 0 Å². The maximum Gasteiger partial charge on any atom is 0.328 e. The van der Waals surface area contributed by atoms with E-state index in [0.717, 1.165) is 12.0 Å². The number of carbonyl (C=O) groups excluding carboxylic acids is 2. The van der Waals surface area contributed by atoms with Crippen LogP contribution in [0.1, 0.15) is 18.4 Å². The molecule has 1 unspecified atom stereocenters. The minimum Gasteiger partial charge on any atom is -0.467 e. The van der Waals surface area contributed by atoms with E-state index >= 15 is 0 Å². The Kier molecular flexibility index (Phi) is 5.61. The van der Waals surface area contributed by atoms with E-state index in [4.69, 9.17) is 4.74 Å². The predicted octanol–water partition coefficient (Wildman–Crippen LogP) is 2.22. The van der Waals surface area contributed by atoms with Gasteiger partial charge in [0.1, 0.15) is 11.9 Å². The summed E-state index contributed by atoms with van der Waals surface area (Å²) in [6.07, 6.45) is 1.50. The molecule has 1 aliphatic heterocycles. The van der Waals surface area contributed by atoms with Crippen molar-refractivity contribution in [3.05, 3.63) is 35.6 Å². The van der Waals surface area contributed by atoms with Crippen LogP contribution in [-0.2, 0) is 20.1 Å². The third kappa shape index (κ3) is 4.20. The molecule has 0 N–H and O–H groups in total. The van der Waals surface area contributed by atoms with Crippen LogP contribution in [0.15, 0.2) is 24.3 Å². The highest BCUT2D eigenvalue weighted by molar-refractivity contribution is 7.99. The average molecular weight is 311 g/mol. The lowest BCUT2D eigenvalue weighted by molar-refractivity contribution is -0.150. The van der Waals surface area contributed by atoms with E-state index in [2.05, 4.69) is 0 Å². The zero-order valence-electron chi connectivity index (χ0n) is 11.9. The molecular weight excluding hydrogens is 293 g/mol. The molecule has 6 heteroatoms. The number of methoxy groups -OCH3 is 1. The van der Waals surface area contributed by atoms with Gasteiger partial charge in [0.15, 0.2) is 0 Å². The Hall–Kier alpha value is -1.56. The van der Waals surface area contributed by atoms with Crippen molar-refractivity contribution in [3.8, 4) is 0 Å². The third-order valence-electron chi connectivity index (χ3n) is 3.45. The van der Waals surface area contributed by atoms with E-state index in [1.165, 1.54) is 31.0 Å². The number of benzene rings is 1. The normalized spacial score (nSPS) is 17.8. The minimum atomic E-state index is -0.436. The molecule has 1 aliphatic rings. The van der Waals surface area contributed by atoms with Crippen molar-refractivity contribution in [3.63, 3.8) is 0 Å². The summed E-state index contributed by atoms with van der Waals surface area (Å²) < 4.78 is 17.5. The van der Waals surface area contributed by atoms with Crippen LogP contribution in [0.25, 0.3) is 0 Å². The van der Waals surface area contributed by atoms with Gasteiger partial charge in [-0.3, -0.25) is 4.79 Å². The molecule has 1 aromatic rings. The van der Waals surface area contributed by atoms with Crippen LogP contribution in [0.5, 0.6) is 0 Å². The monoisotopic (exact) mass is 311 g/mol. The van der Waals surface area contributed by atoms with Crippen LogP contribution < -0.4 is 0 Å². The van der Waals surface area contributed by atoms with E-state index in [9.17, 15) is 14.0 Å². The smallest absolute Gasteiger partial charge is 0.328 e. The fourth-order valence-corrected chi connectivity index (χ4v) is 3.24. The molecule has 1 amide bonds. The number of likely N-dealkylation sites (tertiary alicyclic amines) is 1. The molecule has 0 aliphatic carbocycles. The predicted molar refractivity (Wildman–Crippen MR) is 79.3 cm³/mol. The Balaban J connectivity index is 1.81. The van der Waals surface area contributed by atoms with Crippen molar-refractivity contribution < 1.29 is 18.7 Å². The average Bonchev–Trinajstić information content (AvgIpc) is 2.98. The molecular formula is C15H18FNO3S. The van der Waals surface area contributed by atoms with Gasteiger partial charge in [0.2, 0.25) is 5.91 Å². The molecule has 114 valence electrons. The topological polar surface area (TPSA) is 46.6 Å². The van der Waals surface area contributed by atoms with Gasteiger partial charge in [-0.1, -0.05) is 12.1 Å². The molecule has 1 atom stereocenters. The van der Waals surface area contributed by atoms with Gasteiger partial charge >= 0.3 is 5.97 Å². The number of rotatable bonds is 5. The molecule has 4 nitrogen and oxygen atoms in total. The Labute approximate surface area is 127 Å². The van der Waals surface area contributed by atoms with E-state index in [1.54, 1.807) is 17.0 Å². The molecule has 1 saturated heterocycles. The summed E-state index contributed by atoms with van der Waals surface area (Å²) in [6.45, 7) is 0.607. The number of hydrogen-bond acceptors (Lipinski definition) is 4. The second-order valence-corrected chi connectivity index (χ2v) is 5.87. The van der Waals surface area contributed by atoms with Gasteiger partial charge in [-0.15, -0.1) is 11.8 Å². The molecule has 0 saturated carbocycles. The Morgan fingerprint density at radius 2 is 2.10 bits per heavy atom. The van der Waals surface area contributed by atoms with E-state index < -0.39 is 6.04 Å². The molecule has 2 rings (SSSR count). The van der Waals surface area contributed by atoms with Crippen LogP contribution in [-0.4, -0.2) is 42.2 Å². The van der Waals surface area contributed by atoms with E-state index in [0.29, 0.717) is 24.5 Å². The molecule has 0 bridgehead atoms. The summed E-state index contributed by atoms with van der Waals surface area (Å²) >= 11 is 1.46. The SMILES string of the molecule is COC(=O)C1CCCN1C(=O)CSCc1ccc(F)cc1. The third-order valence-corrected chi connectivity index (χ3v) is 4.44. The van der Waals surface area contributed by atoms with E-state index in [1.807, 2.05) is 0 Å². The van der Waals surface area contributed by atoms with Crippen molar-refractivity contribution in [1.82, 2.24) is 4.90 Å². The summed E-state index contributed by atoms with van der Waals surface area (Å²) in [7, 11) is 1.34. The van der Waals surface area contributed by atoms with Crippen molar-refractivity contribution in [2.24, 2.45) is 0 Å². The summed E-state index contributed by atoms with van der Waals surface area (Å²) in [5.41, 5.74) is 0.972. The highest BCUT2D eigenvalue weighted by Gasteiger charge is 2.34. The minimum absolute atomic E-state index is 0.0463. The van der Waals surface area contributed by atoms with Crippen LogP contribution in [0.4, 0.5) is 4.39 Å². The second-order valence-electron chi connectivity index (χ2n) is 4.89. The molecule has 1 heterocycles. The molecule has 0 spiro atoms. The first-order chi connectivity index (χ1) is 10.1. The number of esters is 1. The number of ether oxygens (including phenoxy) is 1.